The molecule has 31 heavy (non-hydrogen) atoms. The van der Waals surface area contributed by atoms with Crippen LogP contribution in [0.2, 0.25) is 0 Å². The van der Waals surface area contributed by atoms with E-state index in [1.807, 2.05) is 71.4 Å². The highest BCUT2D eigenvalue weighted by atomic mass is 32.2. The van der Waals surface area contributed by atoms with Crippen LogP contribution in [0.25, 0.3) is 0 Å². The molecule has 0 amide bonds. The fraction of sp³-hybridized carbons (Fsp3) is 0.0833. The molecule has 0 N–H and O–H groups in total. The van der Waals surface area contributed by atoms with Gasteiger partial charge in [-0.1, -0.05) is 60.7 Å². The summed E-state index contributed by atoms with van der Waals surface area (Å²) in [7, 11) is -1.95. The Hall–Kier alpha value is -3.89. The summed E-state index contributed by atoms with van der Waals surface area (Å²) in [6.07, 6.45) is 0. The third kappa shape index (κ3) is 3.00. The third-order valence-corrected chi connectivity index (χ3v) is 6.83. The lowest BCUT2D eigenvalue weighted by molar-refractivity contribution is 0.599. The zero-order chi connectivity index (χ0) is 21.6. The highest BCUT2D eigenvalue weighted by Gasteiger charge is 2.37. The molecule has 0 unspecified atom stereocenters. The molecule has 3 aromatic rings. The minimum absolute atomic E-state index is 0.131. The number of benzene rings is 3. The largest absolute Gasteiger partial charge is 0.328 e. The van der Waals surface area contributed by atoms with E-state index in [1.54, 1.807) is 18.2 Å². The number of hydrogen-bond acceptors (Lipinski definition) is 5. The van der Waals surface area contributed by atoms with Gasteiger partial charge in [-0.2, -0.15) is 18.1 Å². The Morgan fingerprint density at radius 2 is 1.58 bits per heavy atom. The van der Waals surface area contributed by atoms with Gasteiger partial charge >= 0.3 is 0 Å². The van der Waals surface area contributed by atoms with Gasteiger partial charge in [-0.15, -0.1) is 0 Å². The predicted molar refractivity (Wildman–Crippen MR) is 120 cm³/mol. The minimum atomic E-state index is -3.84. The molecule has 2 aliphatic heterocycles. The van der Waals surface area contributed by atoms with E-state index in [2.05, 4.69) is 10.5 Å². The van der Waals surface area contributed by atoms with Crippen molar-refractivity contribution >= 4 is 27.1 Å². The average molecular weight is 427 g/mol. The lowest BCUT2D eigenvalue weighted by Gasteiger charge is -2.24. The first kappa shape index (κ1) is 19.1. The van der Waals surface area contributed by atoms with Crippen LogP contribution < -0.4 is 9.80 Å². The summed E-state index contributed by atoms with van der Waals surface area (Å²) in [5.41, 5.74) is 3.83. The number of nitriles is 1. The summed E-state index contributed by atoms with van der Waals surface area (Å²) < 4.78 is 29.2. The molecule has 0 aliphatic carbocycles. The van der Waals surface area contributed by atoms with Gasteiger partial charge in [-0.05, 0) is 23.8 Å². The number of para-hydroxylation sites is 2. The summed E-state index contributed by atoms with van der Waals surface area (Å²) in [4.78, 5) is 4.10. The Balaban J connectivity index is 1.74. The predicted octanol–water partition coefficient (Wildman–Crippen LogP) is 4.07. The molecular formula is C24H18N4O2S. The molecule has 2 aliphatic rings. The maximum atomic E-state index is 12.6. The van der Waals surface area contributed by atoms with Gasteiger partial charge < -0.3 is 9.80 Å². The molecule has 0 fully saturated rings. The normalized spacial score (nSPS) is 17.6. The van der Waals surface area contributed by atoms with Gasteiger partial charge in [0.2, 0.25) is 0 Å². The lowest BCUT2D eigenvalue weighted by Crippen LogP contribution is -2.29. The molecule has 3 aromatic carbocycles. The molecule has 0 aromatic heterocycles. The first-order valence-corrected chi connectivity index (χ1v) is 11.2. The summed E-state index contributed by atoms with van der Waals surface area (Å²) >= 11 is 0. The maximum Gasteiger partial charge on any atom is 0.283 e. The number of hydrogen-bond donors (Lipinski definition) is 0. The fourth-order valence-corrected chi connectivity index (χ4v) is 5.33. The van der Waals surface area contributed by atoms with Crippen LogP contribution >= 0.6 is 0 Å². The van der Waals surface area contributed by atoms with Gasteiger partial charge in [-0.3, -0.25) is 0 Å². The molecular weight excluding hydrogens is 408 g/mol. The van der Waals surface area contributed by atoms with Crippen LogP contribution in [0, 0.1) is 11.3 Å². The smallest absolute Gasteiger partial charge is 0.283 e. The lowest BCUT2D eigenvalue weighted by atomic mass is 10.0. The van der Waals surface area contributed by atoms with Gasteiger partial charge in [0.15, 0.2) is 0 Å². The van der Waals surface area contributed by atoms with E-state index in [9.17, 15) is 13.7 Å². The Morgan fingerprint density at radius 1 is 0.935 bits per heavy atom. The molecule has 0 spiro atoms. The SMILES string of the molecule is CN1/C(=C(/C#N)C2=NS(=O)(=O)c3ccccc32)N(Cc2ccccc2)c2ccccc21. The van der Waals surface area contributed by atoms with Crippen molar-refractivity contribution in [1.82, 2.24) is 0 Å². The van der Waals surface area contributed by atoms with Gasteiger partial charge in [0.05, 0.1) is 16.3 Å². The second kappa shape index (κ2) is 7.11. The van der Waals surface area contributed by atoms with E-state index in [0.29, 0.717) is 17.9 Å². The minimum Gasteiger partial charge on any atom is -0.328 e. The topological polar surface area (TPSA) is 76.8 Å². The molecule has 0 bridgehead atoms. The number of nitrogens with zero attached hydrogens (tertiary/aromatic N) is 4. The van der Waals surface area contributed by atoms with Crippen molar-refractivity contribution in [3.8, 4) is 6.07 Å². The second-order valence-corrected chi connectivity index (χ2v) is 8.91. The Bertz CT molecular complexity index is 1400. The highest BCUT2D eigenvalue weighted by Crippen LogP contribution is 2.43. The first-order chi connectivity index (χ1) is 15.0. The number of anilines is 2. The van der Waals surface area contributed by atoms with E-state index < -0.39 is 10.0 Å². The standard InChI is InChI=1S/C24H18N4O2S/c1-27-20-12-6-7-13-21(20)28(16-17-9-3-2-4-10-17)24(27)19(15-25)23-18-11-5-8-14-22(18)31(29,30)26-23/h2-14H,16H2,1H3/b24-19+. The summed E-state index contributed by atoms with van der Waals surface area (Å²) in [6, 6.07) is 26.7. The zero-order valence-electron chi connectivity index (χ0n) is 16.7. The molecule has 0 atom stereocenters. The van der Waals surface area contributed by atoms with Gasteiger partial charge in [-0.25, -0.2) is 0 Å². The van der Waals surface area contributed by atoms with E-state index >= 15 is 0 Å². The monoisotopic (exact) mass is 426 g/mol. The van der Waals surface area contributed by atoms with Crippen molar-refractivity contribution in [2.45, 2.75) is 11.4 Å². The van der Waals surface area contributed by atoms with E-state index in [-0.39, 0.29) is 16.2 Å². The Morgan fingerprint density at radius 3 is 2.32 bits per heavy atom. The van der Waals surface area contributed by atoms with E-state index in [1.165, 1.54) is 6.07 Å². The van der Waals surface area contributed by atoms with Crippen molar-refractivity contribution in [3.63, 3.8) is 0 Å². The van der Waals surface area contributed by atoms with Gasteiger partial charge in [0.1, 0.15) is 23.2 Å². The van der Waals surface area contributed by atoms with Crippen molar-refractivity contribution < 1.29 is 8.42 Å². The van der Waals surface area contributed by atoms with E-state index in [0.717, 1.165) is 16.9 Å². The summed E-state index contributed by atoms with van der Waals surface area (Å²) in [5.74, 6) is 0.609. The fourth-order valence-electron chi connectivity index (χ4n) is 4.11. The van der Waals surface area contributed by atoms with Crippen LogP contribution in [0.15, 0.2) is 99.6 Å². The van der Waals surface area contributed by atoms with Crippen molar-refractivity contribution in [2.24, 2.45) is 4.40 Å². The Kier molecular flexibility index (Phi) is 4.38. The van der Waals surface area contributed by atoms with Crippen LogP contribution in [-0.4, -0.2) is 21.2 Å². The molecule has 0 radical (unpaired) electrons. The molecule has 2 heterocycles. The molecule has 5 rings (SSSR count). The van der Waals surface area contributed by atoms with E-state index in [4.69, 9.17) is 0 Å². The molecule has 7 heteroatoms. The molecule has 0 saturated carbocycles. The second-order valence-electron chi connectivity index (χ2n) is 7.34. The van der Waals surface area contributed by atoms with Crippen LogP contribution in [0.3, 0.4) is 0 Å². The van der Waals surface area contributed by atoms with Crippen LogP contribution in [0.5, 0.6) is 0 Å². The highest BCUT2D eigenvalue weighted by molar-refractivity contribution is 7.90. The van der Waals surface area contributed by atoms with Crippen LogP contribution in [-0.2, 0) is 16.6 Å². The quantitative estimate of drug-likeness (QED) is 0.590. The molecule has 6 nitrogen and oxygen atoms in total. The summed E-state index contributed by atoms with van der Waals surface area (Å²) in [5, 5.41) is 10.2. The molecule has 152 valence electrons. The van der Waals surface area contributed by atoms with Crippen LogP contribution in [0.1, 0.15) is 11.1 Å². The zero-order valence-corrected chi connectivity index (χ0v) is 17.5. The van der Waals surface area contributed by atoms with Crippen LogP contribution in [0.4, 0.5) is 11.4 Å². The van der Waals surface area contributed by atoms with Gasteiger partial charge in [0, 0.05) is 19.2 Å². The Labute approximate surface area is 181 Å². The third-order valence-electron chi connectivity index (χ3n) is 5.49. The summed E-state index contributed by atoms with van der Waals surface area (Å²) in [6.45, 7) is 0.532. The number of rotatable bonds is 3. The average Bonchev–Trinajstić information content (AvgIpc) is 3.22. The van der Waals surface area contributed by atoms with Gasteiger partial charge in [0.25, 0.3) is 10.0 Å². The number of sulfonamides is 1. The number of fused-ring (bicyclic) bond motifs is 2. The first-order valence-electron chi connectivity index (χ1n) is 9.74. The molecule has 0 saturated heterocycles. The van der Waals surface area contributed by atoms with Crippen molar-refractivity contribution in [3.05, 3.63) is 101 Å². The maximum absolute atomic E-state index is 12.6. The van der Waals surface area contributed by atoms with Crippen molar-refractivity contribution in [2.75, 3.05) is 16.8 Å². The number of allylic oxidation sites excluding steroid dienone is 1. The van der Waals surface area contributed by atoms with Crippen molar-refractivity contribution in [1.29, 1.82) is 5.26 Å².